The minimum atomic E-state index is -0.0554. The van der Waals surface area contributed by atoms with Gasteiger partial charge in [-0.1, -0.05) is 30.3 Å². The smallest absolute Gasteiger partial charge is 0.0541 e. The maximum atomic E-state index is 9.60. The molecule has 2 N–H and O–H groups in total. The van der Waals surface area contributed by atoms with Crippen LogP contribution in [0.1, 0.15) is 44.6 Å². The first-order valence-corrected chi connectivity index (χ1v) is 8.43. The SMILES string of the molecule is C[C@H]1C[C@H](NC2CCC(O)CC2)CN1Cc1ccccc1. The Hall–Kier alpha value is -0.900. The molecule has 3 nitrogen and oxygen atoms in total. The Balaban J connectivity index is 1.49. The summed E-state index contributed by atoms with van der Waals surface area (Å²) in [6.07, 6.45) is 5.38. The molecule has 1 aliphatic carbocycles. The lowest BCUT2D eigenvalue weighted by molar-refractivity contribution is 0.114. The molecular weight excluding hydrogens is 260 g/mol. The topological polar surface area (TPSA) is 35.5 Å². The lowest BCUT2D eigenvalue weighted by atomic mass is 9.92. The molecule has 3 rings (SSSR count). The quantitative estimate of drug-likeness (QED) is 0.894. The number of aliphatic hydroxyl groups excluding tert-OH is 1. The first kappa shape index (κ1) is 15.0. The number of nitrogens with zero attached hydrogens (tertiary/aromatic N) is 1. The average molecular weight is 288 g/mol. The van der Waals surface area contributed by atoms with Crippen molar-refractivity contribution >= 4 is 0 Å². The molecule has 1 saturated carbocycles. The molecule has 1 heterocycles. The molecule has 2 aliphatic rings. The number of nitrogens with one attached hydrogen (secondary N) is 1. The monoisotopic (exact) mass is 288 g/mol. The minimum Gasteiger partial charge on any atom is -0.393 e. The van der Waals surface area contributed by atoms with Crippen LogP contribution < -0.4 is 5.32 Å². The summed E-state index contributed by atoms with van der Waals surface area (Å²) in [5.41, 5.74) is 1.41. The number of hydrogen-bond acceptors (Lipinski definition) is 3. The Bertz CT molecular complexity index is 428. The summed E-state index contributed by atoms with van der Waals surface area (Å²) >= 11 is 0. The second-order valence-electron chi connectivity index (χ2n) is 6.87. The molecule has 116 valence electrons. The number of benzene rings is 1. The van der Waals surface area contributed by atoms with Gasteiger partial charge in [0.15, 0.2) is 0 Å². The molecular formula is C18H28N2O. The highest BCUT2D eigenvalue weighted by atomic mass is 16.3. The van der Waals surface area contributed by atoms with Gasteiger partial charge in [0.2, 0.25) is 0 Å². The molecule has 1 aromatic carbocycles. The van der Waals surface area contributed by atoms with Crippen LogP contribution >= 0.6 is 0 Å². The molecule has 1 aromatic rings. The maximum absolute atomic E-state index is 9.60. The van der Waals surface area contributed by atoms with Gasteiger partial charge in [-0.15, -0.1) is 0 Å². The van der Waals surface area contributed by atoms with Gasteiger partial charge in [-0.05, 0) is 44.6 Å². The molecule has 0 amide bonds. The summed E-state index contributed by atoms with van der Waals surface area (Å²) in [7, 11) is 0. The molecule has 0 radical (unpaired) electrons. The molecule has 3 heteroatoms. The summed E-state index contributed by atoms with van der Waals surface area (Å²) in [4.78, 5) is 2.59. The predicted molar refractivity (Wildman–Crippen MR) is 86.1 cm³/mol. The van der Waals surface area contributed by atoms with Gasteiger partial charge in [0.05, 0.1) is 6.10 Å². The van der Waals surface area contributed by atoms with Crippen LogP contribution in [-0.4, -0.2) is 40.8 Å². The van der Waals surface area contributed by atoms with Crippen molar-refractivity contribution < 1.29 is 5.11 Å². The van der Waals surface area contributed by atoms with Crippen LogP contribution in [0.4, 0.5) is 0 Å². The van der Waals surface area contributed by atoms with Crippen molar-refractivity contribution in [2.45, 2.75) is 69.8 Å². The molecule has 0 unspecified atom stereocenters. The van der Waals surface area contributed by atoms with E-state index in [1.54, 1.807) is 0 Å². The van der Waals surface area contributed by atoms with E-state index in [0.717, 1.165) is 38.8 Å². The predicted octanol–water partition coefficient (Wildman–Crippen LogP) is 2.54. The van der Waals surface area contributed by atoms with Crippen molar-refractivity contribution in [3.8, 4) is 0 Å². The molecule has 2 fully saturated rings. The van der Waals surface area contributed by atoms with Crippen LogP contribution in [0.3, 0.4) is 0 Å². The van der Waals surface area contributed by atoms with Crippen LogP contribution in [-0.2, 0) is 6.54 Å². The molecule has 0 bridgehead atoms. The molecule has 21 heavy (non-hydrogen) atoms. The van der Waals surface area contributed by atoms with E-state index in [1.165, 1.54) is 12.0 Å². The van der Waals surface area contributed by atoms with Crippen LogP contribution in [0.25, 0.3) is 0 Å². The standard InChI is InChI=1S/C18H28N2O/c1-14-11-17(19-16-7-9-18(21)10-8-16)13-20(14)12-15-5-3-2-4-6-15/h2-6,14,16-19,21H,7-13H2,1H3/t14-,16?,17-,18?/m0/s1. The zero-order valence-electron chi connectivity index (χ0n) is 13.0. The van der Waals surface area contributed by atoms with E-state index < -0.39 is 0 Å². The third kappa shape index (κ3) is 4.06. The van der Waals surface area contributed by atoms with Gasteiger partial charge in [0.1, 0.15) is 0 Å². The van der Waals surface area contributed by atoms with Crippen molar-refractivity contribution in [3.05, 3.63) is 35.9 Å². The van der Waals surface area contributed by atoms with Gasteiger partial charge >= 0.3 is 0 Å². The molecule has 0 spiro atoms. The van der Waals surface area contributed by atoms with Gasteiger partial charge in [0.25, 0.3) is 0 Å². The van der Waals surface area contributed by atoms with Crippen LogP contribution in [0.15, 0.2) is 30.3 Å². The van der Waals surface area contributed by atoms with E-state index in [2.05, 4.69) is 47.5 Å². The van der Waals surface area contributed by atoms with E-state index in [9.17, 15) is 5.11 Å². The average Bonchev–Trinajstić information content (AvgIpc) is 2.82. The summed E-state index contributed by atoms with van der Waals surface area (Å²) in [5, 5.41) is 13.4. The Morgan fingerprint density at radius 1 is 1.10 bits per heavy atom. The van der Waals surface area contributed by atoms with Crippen molar-refractivity contribution in [2.75, 3.05) is 6.54 Å². The normalized spacial score (nSPS) is 34.2. The first-order chi connectivity index (χ1) is 10.2. The molecule has 1 aliphatic heterocycles. The molecule has 1 saturated heterocycles. The lowest BCUT2D eigenvalue weighted by Gasteiger charge is -2.29. The maximum Gasteiger partial charge on any atom is 0.0541 e. The second kappa shape index (κ2) is 6.91. The minimum absolute atomic E-state index is 0.0554. The third-order valence-corrected chi connectivity index (χ3v) is 5.10. The highest BCUT2D eigenvalue weighted by molar-refractivity contribution is 5.15. The summed E-state index contributed by atoms with van der Waals surface area (Å²) in [6, 6.07) is 12.6. The van der Waals surface area contributed by atoms with Crippen LogP contribution in [0.5, 0.6) is 0 Å². The summed E-state index contributed by atoms with van der Waals surface area (Å²) in [6.45, 7) is 4.55. The Morgan fingerprint density at radius 2 is 1.81 bits per heavy atom. The van der Waals surface area contributed by atoms with E-state index in [-0.39, 0.29) is 6.10 Å². The highest BCUT2D eigenvalue weighted by Crippen LogP contribution is 2.24. The van der Waals surface area contributed by atoms with Crippen molar-refractivity contribution in [2.24, 2.45) is 0 Å². The van der Waals surface area contributed by atoms with E-state index in [4.69, 9.17) is 0 Å². The van der Waals surface area contributed by atoms with E-state index in [0.29, 0.717) is 18.1 Å². The molecule has 2 atom stereocenters. The van der Waals surface area contributed by atoms with Crippen LogP contribution in [0, 0.1) is 0 Å². The van der Waals surface area contributed by atoms with Crippen molar-refractivity contribution in [1.29, 1.82) is 0 Å². The largest absolute Gasteiger partial charge is 0.393 e. The number of likely N-dealkylation sites (tertiary alicyclic amines) is 1. The Morgan fingerprint density at radius 3 is 2.52 bits per heavy atom. The van der Waals surface area contributed by atoms with Gasteiger partial charge < -0.3 is 10.4 Å². The van der Waals surface area contributed by atoms with Crippen molar-refractivity contribution in [3.63, 3.8) is 0 Å². The summed E-state index contributed by atoms with van der Waals surface area (Å²) in [5.74, 6) is 0. The Kier molecular flexibility index (Phi) is 4.94. The number of hydrogen-bond donors (Lipinski definition) is 2. The second-order valence-corrected chi connectivity index (χ2v) is 6.87. The zero-order valence-corrected chi connectivity index (χ0v) is 13.0. The lowest BCUT2D eigenvalue weighted by Crippen LogP contribution is -2.42. The highest BCUT2D eigenvalue weighted by Gasteiger charge is 2.31. The zero-order chi connectivity index (χ0) is 14.7. The van der Waals surface area contributed by atoms with Crippen LogP contribution in [0.2, 0.25) is 0 Å². The molecule has 0 aromatic heterocycles. The Labute approximate surface area is 128 Å². The first-order valence-electron chi connectivity index (χ1n) is 8.43. The van der Waals surface area contributed by atoms with Gasteiger partial charge in [0, 0.05) is 31.2 Å². The fourth-order valence-electron chi connectivity index (χ4n) is 3.83. The number of rotatable bonds is 4. The van der Waals surface area contributed by atoms with Gasteiger partial charge in [-0.25, -0.2) is 0 Å². The summed E-state index contributed by atoms with van der Waals surface area (Å²) < 4.78 is 0. The van der Waals surface area contributed by atoms with Gasteiger partial charge in [-0.2, -0.15) is 0 Å². The number of aliphatic hydroxyl groups is 1. The van der Waals surface area contributed by atoms with E-state index >= 15 is 0 Å². The van der Waals surface area contributed by atoms with E-state index in [1.807, 2.05) is 0 Å². The fraction of sp³-hybridized carbons (Fsp3) is 0.667. The van der Waals surface area contributed by atoms with Gasteiger partial charge in [-0.3, -0.25) is 4.90 Å². The van der Waals surface area contributed by atoms with Crippen molar-refractivity contribution in [1.82, 2.24) is 10.2 Å². The third-order valence-electron chi connectivity index (χ3n) is 5.10. The fourth-order valence-corrected chi connectivity index (χ4v) is 3.83.